The highest BCUT2D eigenvalue weighted by atomic mass is 79.9. The number of nitrogens with two attached hydrogens (primary N) is 2. The maximum atomic E-state index is 12.9. The molecule has 208 valence electrons. The summed E-state index contributed by atoms with van der Waals surface area (Å²) in [7, 11) is -1.03. The topological polar surface area (TPSA) is 126 Å². The molecule has 3 rings (SSSR count). The summed E-state index contributed by atoms with van der Waals surface area (Å²) in [5.74, 6) is 7.52. The van der Waals surface area contributed by atoms with Gasteiger partial charge in [-0.3, -0.25) is 0 Å². The highest BCUT2D eigenvalue weighted by Crippen LogP contribution is 2.39. The van der Waals surface area contributed by atoms with Crippen molar-refractivity contribution in [3.8, 4) is 5.75 Å². The summed E-state index contributed by atoms with van der Waals surface area (Å²) in [4.78, 5) is 3.96. The second-order valence-electron chi connectivity index (χ2n) is 9.61. The first-order valence-electron chi connectivity index (χ1n) is 12.3. The fraction of sp³-hybridized carbons (Fsp3) is 0.560. The second-order valence-corrected chi connectivity index (χ2v) is 12.4. The van der Waals surface area contributed by atoms with E-state index in [1.165, 1.54) is 26.0 Å². The van der Waals surface area contributed by atoms with Gasteiger partial charge in [-0.05, 0) is 93.0 Å². The summed E-state index contributed by atoms with van der Waals surface area (Å²) in [6.45, 7) is 9.97. The van der Waals surface area contributed by atoms with Crippen molar-refractivity contribution in [2.75, 3.05) is 50.2 Å². The highest BCUT2D eigenvalue weighted by Gasteiger charge is 2.28. The summed E-state index contributed by atoms with van der Waals surface area (Å²) in [5, 5.41) is 4.74. The molecule has 1 unspecified atom stereocenters. The van der Waals surface area contributed by atoms with Gasteiger partial charge in [-0.2, -0.15) is 0 Å². The zero-order valence-electron chi connectivity index (χ0n) is 22.1. The number of nitrogens with zero attached hydrogens (tertiary/aromatic N) is 3. The molecule has 0 aromatic heterocycles. The molecule has 1 aromatic carbocycles. The molecule has 0 bridgehead atoms. The van der Waals surface area contributed by atoms with Crippen LogP contribution < -0.4 is 26.6 Å². The Balaban J connectivity index is 0.000000312. The number of aliphatic imine (C=N–C) groups is 1. The summed E-state index contributed by atoms with van der Waals surface area (Å²) in [5.41, 5.74) is 7.95. The van der Waals surface area contributed by atoms with E-state index in [1.807, 2.05) is 7.05 Å². The van der Waals surface area contributed by atoms with Crippen LogP contribution in [0.1, 0.15) is 39.5 Å². The molecule has 1 saturated carbocycles. The molecule has 1 aromatic rings. The Bertz CT molecular complexity index is 1100. The van der Waals surface area contributed by atoms with Crippen molar-refractivity contribution >= 4 is 43.2 Å². The number of ether oxygens (including phenoxy) is 1. The Labute approximate surface area is 229 Å². The smallest absolute Gasteiger partial charge is 0.221 e. The van der Waals surface area contributed by atoms with E-state index in [9.17, 15) is 12.8 Å². The van der Waals surface area contributed by atoms with E-state index in [2.05, 4.69) is 32.8 Å². The number of allylic oxidation sites excluding steroid dienone is 1. The van der Waals surface area contributed by atoms with Crippen LogP contribution in [0.2, 0.25) is 0 Å². The maximum absolute atomic E-state index is 12.9. The van der Waals surface area contributed by atoms with Crippen LogP contribution in [0, 0.1) is 11.8 Å². The first-order valence-corrected chi connectivity index (χ1v) is 14.9. The Morgan fingerprint density at radius 1 is 1.35 bits per heavy atom. The molecular formula is C25H40BrFN6O3S. The molecule has 1 saturated heterocycles. The third kappa shape index (κ3) is 10.4. The quantitative estimate of drug-likeness (QED) is 0.120. The molecule has 0 amide bonds. The Morgan fingerprint density at radius 3 is 2.54 bits per heavy atom. The minimum absolute atomic E-state index is 0.211. The molecule has 1 aliphatic heterocycles. The van der Waals surface area contributed by atoms with Crippen molar-refractivity contribution in [3.05, 3.63) is 40.8 Å². The largest absolute Gasteiger partial charge is 0.438 e. The van der Waals surface area contributed by atoms with Gasteiger partial charge in [0.05, 0.1) is 28.3 Å². The minimum Gasteiger partial charge on any atom is -0.438 e. The van der Waals surface area contributed by atoms with Crippen LogP contribution in [-0.4, -0.2) is 58.1 Å². The summed E-state index contributed by atoms with van der Waals surface area (Å²) >= 11 is 3.43. The number of hydrazine groups is 1. The van der Waals surface area contributed by atoms with Gasteiger partial charge in [0, 0.05) is 25.2 Å². The number of anilines is 2. The SMILES string of the molecule is C=C(C)C(=N/C=C(\C)F)Oc1ccc(N(N)CC2CC2)c(N)c1Br.CNCCC1CCN(S(C)(=O)=O)C1. The first-order chi connectivity index (χ1) is 17.3. The molecule has 1 aliphatic carbocycles. The number of benzene rings is 1. The predicted octanol–water partition coefficient (Wildman–Crippen LogP) is 4.18. The lowest BCUT2D eigenvalue weighted by Gasteiger charge is -2.22. The standard InChI is InChI=1S/C17H22BrFN4O.C8H18N2O2S/c1-10(2)17(22-8-11(3)19)24-14-7-6-13(16(20)15(14)18)23(21)9-12-4-5-12;1-9-5-3-8-4-6-10(7-8)13(2,11)12/h6-8,12H,1,4-5,9,20-21H2,2-3H3;8-9H,3-7H2,1-2H3/b11-8+,22-17?;. The first kappa shape index (κ1) is 31.2. The number of hydrogen-bond donors (Lipinski definition) is 3. The zero-order chi connectivity index (χ0) is 27.8. The molecule has 1 atom stereocenters. The van der Waals surface area contributed by atoms with Gasteiger partial charge in [-0.1, -0.05) is 6.58 Å². The van der Waals surface area contributed by atoms with E-state index in [4.69, 9.17) is 16.3 Å². The molecule has 0 spiro atoms. The van der Waals surface area contributed by atoms with Crippen LogP contribution in [0.25, 0.3) is 0 Å². The molecule has 2 fully saturated rings. The van der Waals surface area contributed by atoms with E-state index in [0.29, 0.717) is 46.4 Å². The number of rotatable bonds is 10. The fourth-order valence-electron chi connectivity index (χ4n) is 3.73. The molecule has 9 nitrogen and oxygen atoms in total. The van der Waals surface area contributed by atoms with Crippen LogP contribution in [0.3, 0.4) is 0 Å². The maximum Gasteiger partial charge on any atom is 0.221 e. The average Bonchev–Trinajstić information content (AvgIpc) is 3.49. The van der Waals surface area contributed by atoms with Gasteiger partial charge in [0.15, 0.2) is 0 Å². The van der Waals surface area contributed by atoms with E-state index in [1.54, 1.807) is 28.4 Å². The molecular weight excluding hydrogens is 563 g/mol. The van der Waals surface area contributed by atoms with Crippen LogP contribution >= 0.6 is 15.9 Å². The van der Waals surface area contributed by atoms with Gasteiger partial charge in [-0.15, -0.1) is 0 Å². The van der Waals surface area contributed by atoms with Crippen LogP contribution in [-0.2, 0) is 10.0 Å². The van der Waals surface area contributed by atoms with E-state index in [0.717, 1.165) is 37.8 Å². The Morgan fingerprint density at radius 2 is 2.03 bits per heavy atom. The summed E-state index contributed by atoms with van der Waals surface area (Å²) in [6, 6.07) is 3.54. The summed E-state index contributed by atoms with van der Waals surface area (Å²) in [6.07, 6.45) is 6.85. The van der Waals surface area contributed by atoms with Gasteiger partial charge in [-0.25, -0.2) is 27.9 Å². The number of sulfonamides is 1. The van der Waals surface area contributed by atoms with E-state index < -0.39 is 15.9 Å². The second kappa shape index (κ2) is 14.2. The van der Waals surface area contributed by atoms with Gasteiger partial charge >= 0.3 is 0 Å². The van der Waals surface area contributed by atoms with Gasteiger partial charge < -0.3 is 20.8 Å². The fourth-order valence-corrected chi connectivity index (χ4v) is 5.06. The minimum atomic E-state index is -2.95. The zero-order valence-corrected chi connectivity index (χ0v) is 24.5. The third-order valence-corrected chi connectivity index (χ3v) is 8.12. The van der Waals surface area contributed by atoms with Crippen LogP contribution in [0.15, 0.2) is 45.8 Å². The highest BCUT2D eigenvalue weighted by molar-refractivity contribution is 9.10. The Hall–Kier alpha value is -1.99. The van der Waals surface area contributed by atoms with Crippen LogP contribution in [0.4, 0.5) is 15.8 Å². The number of hydrogen-bond acceptors (Lipinski definition) is 8. The normalized spacial score (nSPS) is 18.8. The van der Waals surface area contributed by atoms with Crippen molar-refractivity contribution in [1.82, 2.24) is 9.62 Å². The van der Waals surface area contributed by atoms with E-state index >= 15 is 0 Å². The number of nitrogens with one attached hydrogen (secondary N) is 1. The molecule has 12 heteroatoms. The van der Waals surface area contributed by atoms with Gasteiger partial charge in [0.1, 0.15) is 11.6 Å². The number of halogens is 2. The van der Waals surface area contributed by atoms with Crippen molar-refractivity contribution in [1.29, 1.82) is 0 Å². The van der Waals surface area contributed by atoms with Crippen LogP contribution in [0.5, 0.6) is 5.75 Å². The lowest BCUT2D eigenvalue weighted by atomic mass is 10.1. The lowest BCUT2D eigenvalue weighted by Crippen LogP contribution is -2.33. The molecule has 2 aliphatic rings. The van der Waals surface area contributed by atoms with Gasteiger partial charge in [0.2, 0.25) is 15.9 Å². The average molecular weight is 604 g/mol. The third-order valence-electron chi connectivity index (χ3n) is 6.03. The summed E-state index contributed by atoms with van der Waals surface area (Å²) < 4.78 is 43.1. The molecule has 1 heterocycles. The van der Waals surface area contributed by atoms with Crippen molar-refractivity contribution in [2.45, 2.75) is 39.5 Å². The monoisotopic (exact) mass is 602 g/mol. The van der Waals surface area contributed by atoms with Crippen molar-refractivity contribution in [3.63, 3.8) is 0 Å². The van der Waals surface area contributed by atoms with Crippen molar-refractivity contribution in [2.24, 2.45) is 22.7 Å². The van der Waals surface area contributed by atoms with Gasteiger partial charge in [0.25, 0.3) is 0 Å². The lowest BCUT2D eigenvalue weighted by molar-refractivity contribution is 0.447. The molecule has 37 heavy (non-hydrogen) atoms. The molecule has 5 N–H and O–H groups in total. The van der Waals surface area contributed by atoms with E-state index in [-0.39, 0.29) is 5.90 Å². The number of nitrogen functional groups attached to an aromatic ring is 1. The Kier molecular flexibility index (Phi) is 12.0. The molecule has 0 radical (unpaired) electrons. The van der Waals surface area contributed by atoms with Crippen molar-refractivity contribution < 1.29 is 17.5 Å². The predicted molar refractivity (Wildman–Crippen MR) is 154 cm³/mol.